The predicted molar refractivity (Wildman–Crippen MR) is 129 cm³/mol. The molecule has 0 saturated heterocycles. The molecule has 3 N–H and O–H groups in total. The summed E-state index contributed by atoms with van der Waals surface area (Å²) in [5.41, 5.74) is 0.148. The Morgan fingerprint density at radius 1 is 0.818 bits per heavy atom. The van der Waals surface area contributed by atoms with Crippen molar-refractivity contribution in [1.29, 1.82) is 0 Å². The Labute approximate surface area is 195 Å². The van der Waals surface area contributed by atoms with Crippen LogP contribution in [0.1, 0.15) is 24.5 Å². The lowest BCUT2D eigenvalue weighted by atomic mass is 9.81. The molecule has 3 aromatic rings. The molecular weight excluding hydrogens is 418 g/mol. The van der Waals surface area contributed by atoms with Gasteiger partial charge in [0.1, 0.15) is 35.6 Å². The summed E-state index contributed by atoms with van der Waals surface area (Å²) in [6.07, 6.45) is -0.311. The highest BCUT2D eigenvalue weighted by Gasteiger charge is 2.34. The summed E-state index contributed by atoms with van der Waals surface area (Å²) < 4.78 is 16.4. The van der Waals surface area contributed by atoms with Gasteiger partial charge in [0.2, 0.25) is 0 Å². The summed E-state index contributed by atoms with van der Waals surface area (Å²) in [5, 5.41) is 25.6. The zero-order chi connectivity index (χ0) is 23.7. The molecule has 3 aromatic carbocycles. The van der Waals surface area contributed by atoms with E-state index in [1.165, 1.54) is 0 Å². The van der Waals surface area contributed by atoms with Crippen molar-refractivity contribution in [2.75, 3.05) is 27.4 Å². The van der Waals surface area contributed by atoms with Crippen molar-refractivity contribution in [3.8, 4) is 17.2 Å². The van der Waals surface area contributed by atoms with Crippen molar-refractivity contribution < 1.29 is 24.4 Å². The van der Waals surface area contributed by atoms with Gasteiger partial charge in [0, 0.05) is 12.6 Å². The maximum Gasteiger partial charge on any atom is 0.119 e. The Morgan fingerprint density at radius 3 is 1.91 bits per heavy atom. The van der Waals surface area contributed by atoms with Crippen LogP contribution in [0.15, 0.2) is 78.9 Å². The molecule has 0 aliphatic carbocycles. The van der Waals surface area contributed by atoms with Crippen LogP contribution in [0, 0.1) is 0 Å². The Morgan fingerprint density at radius 2 is 1.36 bits per heavy atom. The van der Waals surface area contributed by atoms with Crippen molar-refractivity contribution in [1.82, 2.24) is 5.32 Å². The normalized spacial score (nSPS) is 13.2. The highest BCUT2D eigenvalue weighted by atomic mass is 16.5. The molecule has 0 spiro atoms. The monoisotopic (exact) mass is 451 g/mol. The van der Waals surface area contributed by atoms with Gasteiger partial charge in [-0.1, -0.05) is 42.5 Å². The number of para-hydroxylation sites is 1. The molecule has 1 unspecified atom stereocenters. The van der Waals surface area contributed by atoms with Gasteiger partial charge in [-0.05, 0) is 60.9 Å². The molecule has 2 atom stereocenters. The van der Waals surface area contributed by atoms with Gasteiger partial charge < -0.3 is 29.7 Å². The molecule has 6 heteroatoms. The highest BCUT2D eigenvalue weighted by molar-refractivity contribution is 5.42. The lowest BCUT2D eigenvalue weighted by Crippen LogP contribution is -2.41. The highest BCUT2D eigenvalue weighted by Crippen LogP contribution is 2.37. The summed E-state index contributed by atoms with van der Waals surface area (Å²) in [7, 11) is 3.21. The number of ether oxygens (including phenoxy) is 3. The van der Waals surface area contributed by atoms with Crippen LogP contribution in [-0.4, -0.2) is 49.7 Å². The van der Waals surface area contributed by atoms with Gasteiger partial charge in [-0.15, -0.1) is 0 Å². The van der Waals surface area contributed by atoms with Crippen molar-refractivity contribution in [2.24, 2.45) is 0 Å². The number of rotatable bonds is 12. The van der Waals surface area contributed by atoms with Gasteiger partial charge in [0.15, 0.2) is 0 Å². The molecule has 176 valence electrons. The lowest BCUT2D eigenvalue weighted by Gasteiger charge is -2.33. The Hall–Kier alpha value is -3.06. The van der Waals surface area contributed by atoms with E-state index in [1.807, 2.05) is 85.8 Å². The van der Waals surface area contributed by atoms with Gasteiger partial charge in [0.05, 0.1) is 14.2 Å². The fourth-order valence-corrected chi connectivity index (χ4v) is 3.78. The van der Waals surface area contributed by atoms with E-state index in [9.17, 15) is 10.2 Å². The predicted octanol–water partition coefficient (Wildman–Crippen LogP) is 3.75. The molecule has 0 fully saturated rings. The van der Waals surface area contributed by atoms with Gasteiger partial charge in [0.25, 0.3) is 0 Å². The van der Waals surface area contributed by atoms with Gasteiger partial charge in [-0.3, -0.25) is 0 Å². The number of aliphatic hydroxyl groups is 2. The molecule has 0 radical (unpaired) electrons. The molecule has 0 heterocycles. The van der Waals surface area contributed by atoms with Crippen molar-refractivity contribution in [3.63, 3.8) is 0 Å². The van der Waals surface area contributed by atoms with E-state index >= 15 is 0 Å². The van der Waals surface area contributed by atoms with E-state index in [-0.39, 0.29) is 12.6 Å². The average Bonchev–Trinajstić information content (AvgIpc) is 2.86. The van der Waals surface area contributed by atoms with Gasteiger partial charge >= 0.3 is 0 Å². The molecule has 0 bridgehead atoms. The van der Waals surface area contributed by atoms with Crippen LogP contribution in [0.25, 0.3) is 0 Å². The van der Waals surface area contributed by atoms with E-state index in [4.69, 9.17) is 14.2 Å². The fraction of sp³-hybridized carbons (Fsp3) is 0.333. The minimum atomic E-state index is -1.29. The summed E-state index contributed by atoms with van der Waals surface area (Å²) in [4.78, 5) is 0. The number of benzene rings is 3. The molecule has 33 heavy (non-hydrogen) atoms. The van der Waals surface area contributed by atoms with E-state index in [1.54, 1.807) is 14.2 Å². The first kappa shape index (κ1) is 24.6. The van der Waals surface area contributed by atoms with Crippen molar-refractivity contribution >= 4 is 0 Å². The second-order valence-electron chi connectivity index (χ2n) is 8.12. The topological polar surface area (TPSA) is 80.2 Å². The summed E-state index contributed by atoms with van der Waals surface area (Å²) in [6.45, 7) is 2.50. The average molecular weight is 452 g/mol. The zero-order valence-electron chi connectivity index (χ0n) is 19.4. The largest absolute Gasteiger partial charge is 0.497 e. The second-order valence-corrected chi connectivity index (χ2v) is 8.12. The van der Waals surface area contributed by atoms with Crippen LogP contribution < -0.4 is 19.5 Å². The van der Waals surface area contributed by atoms with E-state index in [2.05, 4.69) is 5.32 Å². The molecule has 0 aliphatic heterocycles. The third-order valence-corrected chi connectivity index (χ3v) is 5.58. The van der Waals surface area contributed by atoms with Crippen LogP contribution >= 0.6 is 0 Å². The maximum absolute atomic E-state index is 11.9. The van der Waals surface area contributed by atoms with Crippen LogP contribution in [0.4, 0.5) is 0 Å². The fourth-order valence-electron chi connectivity index (χ4n) is 3.78. The van der Waals surface area contributed by atoms with Crippen LogP contribution in [0.2, 0.25) is 0 Å². The summed E-state index contributed by atoms with van der Waals surface area (Å²) in [6, 6.07) is 24.2. The van der Waals surface area contributed by atoms with E-state index in [0.717, 1.165) is 16.9 Å². The molecule has 6 nitrogen and oxygen atoms in total. The lowest BCUT2D eigenvalue weighted by molar-refractivity contribution is 0.0554. The van der Waals surface area contributed by atoms with Crippen LogP contribution in [0.5, 0.6) is 17.2 Å². The standard InChI is InChI=1S/C27H33NO5/c1-20(28-18-23(29)19-33-24-11-5-4-6-12-24)17-27(30,21-9-7-13-25(15-21)31-2)22-10-8-14-26(16-22)32-3/h4-16,20,23,28-30H,17-19H2,1-3H3/t20?,23-/m0/s1. The summed E-state index contributed by atoms with van der Waals surface area (Å²) >= 11 is 0. The van der Waals surface area contributed by atoms with Gasteiger partial charge in [-0.25, -0.2) is 0 Å². The second kappa shape index (κ2) is 11.7. The number of hydrogen-bond donors (Lipinski definition) is 3. The van der Waals surface area contributed by atoms with Crippen molar-refractivity contribution in [2.45, 2.75) is 31.1 Å². The number of aliphatic hydroxyl groups excluding tert-OH is 1. The Bertz CT molecular complexity index is 947. The number of nitrogens with one attached hydrogen (secondary N) is 1. The van der Waals surface area contributed by atoms with Crippen LogP contribution in [-0.2, 0) is 5.60 Å². The quantitative estimate of drug-likeness (QED) is 0.389. The summed E-state index contributed by atoms with van der Waals surface area (Å²) in [5.74, 6) is 2.06. The third-order valence-electron chi connectivity index (χ3n) is 5.58. The minimum Gasteiger partial charge on any atom is -0.497 e. The molecule has 0 saturated carbocycles. The zero-order valence-corrected chi connectivity index (χ0v) is 19.4. The molecule has 0 aromatic heterocycles. The number of methoxy groups -OCH3 is 2. The first-order chi connectivity index (χ1) is 15.9. The first-order valence-electron chi connectivity index (χ1n) is 11.1. The minimum absolute atomic E-state index is 0.112. The molecule has 0 aliphatic rings. The smallest absolute Gasteiger partial charge is 0.119 e. The number of hydrogen-bond acceptors (Lipinski definition) is 6. The van der Waals surface area contributed by atoms with E-state index < -0.39 is 11.7 Å². The Kier molecular flexibility index (Phi) is 8.72. The Balaban J connectivity index is 1.71. The first-order valence-corrected chi connectivity index (χ1v) is 11.1. The van der Waals surface area contributed by atoms with E-state index in [0.29, 0.717) is 24.5 Å². The van der Waals surface area contributed by atoms with Crippen LogP contribution in [0.3, 0.4) is 0 Å². The third kappa shape index (κ3) is 6.71. The van der Waals surface area contributed by atoms with Crippen molar-refractivity contribution in [3.05, 3.63) is 90.0 Å². The molecule has 0 amide bonds. The van der Waals surface area contributed by atoms with Gasteiger partial charge in [-0.2, -0.15) is 0 Å². The SMILES string of the molecule is COc1cccc(C(O)(CC(C)NC[C@H](O)COc2ccccc2)c2cccc(OC)c2)c1. The molecular formula is C27H33NO5. The maximum atomic E-state index is 11.9. The molecule has 3 rings (SSSR count).